The van der Waals surface area contributed by atoms with Gasteiger partial charge < -0.3 is 4.74 Å². The van der Waals surface area contributed by atoms with Gasteiger partial charge in [-0.2, -0.15) is 0 Å². The van der Waals surface area contributed by atoms with Crippen molar-refractivity contribution >= 4 is 17.4 Å². The van der Waals surface area contributed by atoms with E-state index in [1.165, 1.54) is 12.1 Å². The van der Waals surface area contributed by atoms with Crippen molar-refractivity contribution in [3.63, 3.8) is 0 Å². The highest BCUT2D eigenvalue weighted by molar-refractivity contribution is 7.79. The van der Waals surface area contributed by atoms with E-state index in [-0.39, 0.29) is 0 Å². The summed E-state index contributed by atoms with van der Waals surface area (Å²) in [4.78, 5) is 0. The number of nitrogens with two attached hydrogens (primary N) is 1. The molecular formula is C3H8N2OS. The molecule has 0 saturated carbocycles. The Balaban J connectivity index is 3.35. The molecule has 0 bridgehead atoms. The molecule has 0 aliphatic rings. The van der Waals surface area contributed by atoms with E-state index in [0.717, 1.165) is 0 Å². The first kappa shape index (κ1) is 6.65. The molecule has 0 aliphatic carbocycles. The van der Waals surface area contributed by atoms with Crippen LogP contribution in [-0.2, 0) is 4.74 Å². The lowest BCUT2D eigenvalue weighted by atomic mass is 11.1. The molecule has 0 radical (unpaired) electrons. The number of hydrogen-bond donors (Lipinski definition) is 1. The second-order valence-corrected chi connectivity index (χ2v) is 1.43. The summed E-state index contributed by atoms with van der Waals surface area (Å²) in [5.41, 5.74) is 0. The molecule has 0 aromatic rings. The molecule has 7 heavy (non-hydrogen) atoms. The monoisotopic (exact) mass is 120 g/mol. The zero-order chi connectivity index (χ0) is 5.86. The van der Waals surface area contributed by atoms with Gasteiger partial charge in [0, 0.05) is 7.05 Å². The highest BCUT2D eigenvalue weighted by atomic mass is 32.1. The average Bonchev–Trinajstić information content (AvgIpc) is 1.65. The van der Waals surface area contributed by atoms with E-state index in [1.807, 2.05) is 0 Å². The first-order valence-corrected chi connectivity index (χ1v) is 2.15. The smallest absolute Gasteiger partial charge is 0.273 e. The summed E-state index contributed by atoms with van der Waals surface area (Å²) in [6, 6.07) is 0. The fourth-order valence-electron chi connectivity index (χ4n) is 0.144. The first-order valence-electron chi connectivity index (χ1n) is 1.75. The minimum atomic E-state index is 0.292. The van der Waals surface area contributed by atoms with Crippen molar-refractivity contribution in [1.82, 2.24) is 5.01 Å². The van der Waals surface area contributed by atoms with Gasteiger partial charge in [0.15, 0.2) is 0 Å². The minimum Gasteiger partial charge on any atom is -0.473 e. The molecule has 0 aromatic heterocycles. The number of thiocarbonyl (C=S) groups is 1. The fraction of sp³-hybridized carbons (Fsp3) is 0.667. The Bertz CT molecular complexity index is 73.3. The Morgan fingerprint density at radius 1 is 1.86 bits per heavy atom. The van der Waals surface area contributed by atoms with Crippen molar-refractivity contribution in [3.8, 4) is 0 Å². The molecule has 0 heterocycles. The highest BCUT2D eigenvalue weighted by Crippen LogP contribution is 1.76. The second-order valence-electron chi connectivity index (χ2n) is 1.08. The second kappa shape index (κ2) is 2.76. The summed E-state index contributed by atoms with van der Waals surface area (Å²) in [7, 11) is 3.09. The zero-order valence-corrected chi connectivity index (χ0v) is 5.16. The summed E-state index contributed by atoms with van der Waals surface area (Å²) in [5, 5.41) is 1.52. The van der Waals surface area contributed by atoms with Crippen LogP contribution in [0.5, 0.6) is 0 Å². The molecule has 0 aliphatic heterocycles. The SMILES string of the molecule is COC(=S)N(C)N. The molecule has 0 saturated heterocycles. The van der Waals surface area contributed by atoms with Crippen LogP contribution >= 0.6 is 12.2 Å². The Hall–Kier alpha value is -0.350. The molecule has 0 unspecified atom stereocenters. The summed E-state index contributed by atoms with van der Waals surface area (Å²) in [6.45, 7) is 0. The predicted octanol–water partition coefficient (Wildman–Crippen LogP) is -0.277. The lowest BCUT2D eigenvalue weighted by molar-refractivity contribution is 0.328. The van der Waals surface area contributed by atoms with Crippen molar-refractivity contribution in [2.24, 2.45) is 5.84 Å². The molecule has 2 N–H and O–H groups in total. The highest BCUT2D eigenvalue weighted by Gasteiger charge is 1.92. The number of ether oxygens (including phenoxy) is 1. The van der Waals surface area contributed by atoms with Gasteiger partial charge in [-0.3, -0.25) is 5.01 Å². The molecular weight excluding hydrogens is 112 g/mol. The van der Waals surface area contributed by atoms with Gasteiger partial charge in [-0.25, -0.2) is 5.84 Å². The molecule has 0 fully saturated rings. The van der Waals surface area contributed by atoms with Gasteiger partial charge in [0.1, 0.15) is 0 Å². The maximum atomic E-state index is 5.11. The summed E-state index contributed by atoms with van der Waals surface area (Å²) in [6.07, 6.45) is 0. The standard InChI is InChI=1S/C3H8N2OS/c1-5(4)3(7)6-2/h4H2,1-2H3. The zero-order valence-electron chi connectivity index (χ0n) is 4.34. The van der Waals surface area contributed by atoms with Crippen LogP contribution in [0.25, 0.3) is 0 Å². The third-order valence-corrected chi connectivity index (χ3v) is 0.917. The number of nitrogens with zero attached hydrogens (tertiary/aromatic N) is 1. The Kier molecular flexibility index (Phi) is 2.62. The van der Waals surface area contributed by atoms with Gasteiger partial charge in [-0.05, 0) is 12.2 Å². The van der Waals surface area contributed by atoms with E-state index >= 15 is 0 Å². The van der Waals surface area contributed by atoms with E-state index in [9.17, 15) is 0 Å². The van der Waals surface area contributed by atoms with Gasteiger partial charge in [0.2, 0.25) is 0 Å². The van der Waals surface area contributed by atoms with E-state index < -0.39 is 0 Å². The Morgan fingerprint density at radius 3 is 2.29 bits per heavy atom. The molecule has 0 aromatic carbocycles. The van der Waals surface area contributed by atoms with Gasteiger partial charge in [-0.1, -0.05) is 0 Å². The quantitative estimate of drug-likeness (QED) is 0.271. The van der Waals surface area contributed by atoms with Crippen LogP contribution in [0.3, 0.4) is 0 Å². The lowest BCUT2D eigenvalue weighted by Crippen LogP contribution is -2.32. The maximum absolute atomic E-state index is 5.11. The van der Waals surface area contributed by atoms with Crippen LogP contribution in [-0.4, -0.2) is 24.3 Å². The van der Waals surface area contributed by atoms with Gasteiger partial charge in [0.05, 0.1) is 7.11 Å². The van der Waals surface area contributed by atoms with Crippen molar-refractivity contribution in [2.45, 2.75) is 0 Å². The van der Waals surface area contributed by atoms with Crippen LogP contribution in [0.1, 0.15) is 0 Å². The molecule has 3 nitrogen and oxygen atoms in total. The molecule has 0 rings (SSSR count). The summed E-state index contributed by atoms with van der Waals surface area (Å²) >= 11 is 4.56. The van der Waals surface area contributed by atoms with Crippen molar-refractivity contribution in [3.05, 3.63) is 0 Å². The van der Waals surface area contributed by atoms with Crippen LogP contribution in [0.15, 0.2) is 0 Å². The Labute approximate surface area is 48.0 Å². The largest absolute Gasteiger partial charge is 0.473 e. The van der Waals surface area contributed by atoms with Crippen molar-refractivity contribution in [2.75, 3.05) is 14.2 Å². The normalized spacial score (nSPS) is 7.86. The number of rotatable bonds is 0. The summed E-state index contributed by atoms with van der Waals surface area (Å²) in [5.74, 6) is 5.11. The number of methoxy groups -OCH3 is 1. The first-order chi connectivity index (χ1) is 3.18. The van der Waals surface area contributed by atoms with Crippen LogP contribution in [0.2, 0.25) is 0 Å². The summed E-state index contributed by atoms with van der Waals surface area (Å²) < 4.78 is 4.54. The van der Waals surface area contributed by atoms with Crippen LogP contribution in [0.4, 0.5) is 0 Å². The molecule has 0 amide bonds. The number of hydrogen-bond acceptors (Lipinski definition) is 3. The number of hydrazine groups is 1. The van der Waals surface area contributed by atoms with Crippen molar-refractivity contribution < 1.29 is 4.74 Å². The van der Waals surface area contributed by atoms with E-state index in [4.69, 9.17) is 5.84 Å². The van der Waals surface area contributed by atoms with Crippen LogP contribution in [0, 0.1) is 0 Å². The average molecular weight is 120 g/mol. The Morgan fingerprint density at radius 2 is 2.29 bits per heavy atom. The molecule has 0 atom stereocenters. The topological polar surface area (TPSA) is 38.5 Å². The molecule has 0 spiro atoms. The molecule has 42 valence electrons. The minimum absolute atomic E-state index is 0.292. The maximum Gasteiger partial charge on any atom is 0.273 e. The van der Waals surface area contributed by atoms with Crippen LogP contribution < -0.4 is 5.84 Å². The molecule has 4 heteroatoms. The van der Waals surface area contributed by atoms with E-state index in [1.54, 1.807) is 7.05 Å². The third-order valence-electron chi connectivity index (χ3n) is 0.463. The lowest BCUT2D eigenvalue weighted by Gasteiger charge is -2.09. The van der Waals surface area contributed by atoms with Crippen molar-refractivity contribution in [1.29, 1.82) is 0 Å². The third kappa shape index (κ3) is 2.36. The van der Waals surface area contributed by atoms with Gasteiger partial charge >= 0.3 is 0 Å². The van der Waals surface area contributed by atoms with E-state index in [2.05, 4.69) is 17.0 Å². The predicted molar refractivity (Wildman–Crippen MR) is 31.6 cm³/mol. The fourth-order valence-corrected chi connectivity index (χ4v) is 0.144. The van der Waals surface area contributed by atoms with E-state index in [0.29, 0.717) is 5.17 Å². The van der Waals surface area contributed by atoms with Gasteiger partial charge in [-0.15, -0.1) is 0 Å². The van der Waals surface area contributed by atoms with Gasteiger partial charge in [0.25, 0.3) is 5.17 Å².